The molecule has 104 valence electrons. The van der Waals surface area contributed by atoms with Crippen molar-refractivity contribution in [2.75, 3.05) is 6.54 Å². The Labute approximate surface area is 115 Å². The molecule has 0 saturated heterocycles. The van der Waals surface area contributed by atoms with E-state index in [-0.39, 0.29) is 11.4 Å². The predicted molar refractivity (Wildman–Crippen MR) is 76.1 cm³/mol. The summed E-state index contributed by atoms with van der Waals surface area (Å²) in [5, 5.41) is 12.1. The Morgan fingerprint density at radius 3 is 2.79 bits per heavy atom. The lowest BCUT2D eigenvalue weighted by Crippen LogP contribution is -2.22. The maximum Gasteiger partial charge on any atom is 0.145 e. The van der Waals surface area contributed by atoms with Crippen molar-refractivity contribution >= 4 is 0 Å². The lowest BCUT2D eigenvalue weighted by molar-refractivity contribution is 0.417. The van der Waals surface area contributed by atoms with Gasteiger partial charge in [-0.15, -0.1) is 0 Å². The molecule has 1 N–H and O–H groups in total. The fourth-order valence-corrected chi connectivity index (χ4v) is 2.16. The summed E-state index contributed by atoms with van der Waals surface area (Å²) < 4.78 is 13.8. The molecular formula is C16H23FN2. The molecule has 0 fully saturated rings. The van der Waals surface area contributed by atoms with Gasteiger partial charge in [0.25, 0.3) is 0 Å². The molecule has 1 rings (SSSR count). The molecule has 1 aromatic rings. The van der Waals surface area contributed by atoms with E-state index in [9.17, 15) is 4.39 Å². The van der Waals surface area contributed by atoms with Crippen LogP contribution in [0.4, 0.5) is 4.39 Å². The summed E-state index contributed by atoms with van der Waals surface area (Å²) in [6.45, 7) is 5.79. The summed E-state index contributed by atoms with van der Waals surface area (Å²) >= 11 is 0. The SMILES string of the molecule is CCCCC(CC)CNCc1cccc(C#N)c1F. The molecular weight excluding hydrogens is 239 g/mol. The number of halogens is 1. The van der Waals surface area contributed by atoms with Gasteiger partial charge in [0.2, 0.25) is 0 Å². The quantitative estimate of drug-likeness (QED) is 0.768. The molecule has 1 unspecified atom stereocenters. The number of rotatable bonds is 8. The zero-order valence-electron chi connectivity index (χ0n) is 11.9. The molecule has 19 heavy (non-hydrogen) atoms. The predicted octanol–water partition coefficient (Wildman–Crippen LogP) is 4.00. The van der Waals surface area contributed by atoms with Gasteiger partial charge in [-0.25, -0.2) is 4.39 Å². The molecule has 2 nitrogen and oxygen atoms in total. The third-order valence-corrected chi connectivity index (χ3v) is 3.49. The molecule has 0 amide bonds. The molecule has 0 aliphatic rings. The van der Waals surface area contributed by atoms with Crippen LogP contribution >= 0.6 is 0 Å². The largest absolute Gasteiger partial charge is 0.312 e. The summed E-state index contributed by atoms with van der Waals surface area (Å²) in [5.74, 6) is 0.265. The lowest BCUT2D eigenvalue weighted by Gasteiger charge is -2.15. The Balaban J connectivity index is 2.46. The van der Waals surface area contributed by atoms with Crippen LogP contribution in [-0.4, -0.2) is 6.54 Å². The van der Waals surface area contributed by atoms with Crippen molar-refractivity contribution in [1.82, 2.24) is 5.32 Å². The molecule has 0 bridgehead atoms. The summed E-state index contributed by atoms with van der Waals surface area (Å²) in [6, 6.07) is 6.84. The van der Waals surface area contributed by atoms with Crippen molar-refractivity contribution in [3.63, 3.8) is 0 Å². The number of hydrogen-bond donors (Lipinski definition) is 1. The Morgan fingerprint density at radius 2 is 2.16 bits per heavy atom. The van der Waals surface area contributed by atoms with Crippen LogP contribution in [0.15, 0.2) is 18.2 Å². The molecule has 0 aromatic heterocycles. The number of hydrogen-bond acceptors (Lipinski definition) is 2. The maximum atomic E-state index is 13.8. The highest BCUT2D eigenvalue weighted by Crippen LogP contribution is 2.14. The number of nitrogens with zero attached hydrogens (tertiary/aromatic N) is 1. The average Bonchev–Trinajstić information content (AvgIpc) is 2.44. The van der Waals surface area contributed by atoms with Gasteiger partial charge < -0.3 is 5.32 Å². The van der Waals surface area contributed by atoms with Crippen LogP contribution in [0.5, 0.6) is 0 Å². The second kappa shape index (κ2) is 8.66. The van der Waals surface area contributed by atoms with E-state index < -0.39 is 0 Å². The van der Waals surface area contributed by atoms with Crippen LogP contribution in [0.1, 0.15) is 50.7 Å². The Bertz CT molecular complexity index is 423. The minimum absolute atomic E-state index is 0.123. The molecule has 0 heterocycles. The molecule has 0 aliphatic carbocycles. The van der Waals surface area contributed by atoms with Crippen molar-refractivity contribution in [3.05, 3.63) is 35.1 Å². The fourth-order valence-electron chi connectivity index (χ4n) is 2.16. The van der Waals surface area contributed by atoms with E-state index in [1.165, 1.54) is 25.3 Å². The van der Waals surface area contributed by atoms with Gasteiger partial charge in [0, 0.05) is 12.1 Å². The fraction of sp³-hybridized carbons (Fsp3) is 0.562. The van der Waals surface area contributed by atoms with Crippen LogP contribution in [0.3, 0.4) is 0 Å². The second-order valence-electron chi connectivity index (χ2n) is 4.94. The molecule has 0 aliphatic heterocycles. The van der Waals surface area contributed by atoms with Gasteiger partial charge in [-0.1, -0.05) is 45.2 Å². The summed E-state index contributed by atoms with van der Waals surface area (Å²) in [5.41, 5.74) is 0.696. The first-order chi connectivity index (χ1) is 9.22. The van der Waals surface area contributed by atoms with Crippen molar-refractivity contribution in [2.45, 2.75) is 46.1 Å². The summed E-state index contributed by atoms with van der Waals surface area (Å²) in [6.07, 6.45) is 4.84. The van der Waals surface area contributed by atoms with E-state index in [4.69, 9.17) is 5.26 Å². The average molecular weight is 262 g/mol. The van der Waals surface area contributed by atoms with Crippen LogP contribution in [0.2, 0.25) is 0 Å². The van der Waals surface area contributed by atoms with E-state index in [2.05, 4.69) is 19.2 Å². The molecule has 0 radical (unpaired) electrons. The topological polar surface area (TPSA) is 35.8 Å². The van der Waals surface area contributed by atoms with Gasteiger partial charge in [-0.05, 0) is 24.9 Å². The lowest BCUT2D eigenvalue weighted by atomic mass is 9.99. The Morgan fingerprint density at radius 1 is 1.37 bits per heavy atom. The molecule has 0 saturated carbocycles. The minimum Gasteiger partial charge on any atom is -0.312 e. The Kier molecular flexibility index (Phi) is 7.14. The minimum atomic E-state index is -0.390. The summed E-state index contributed by atoms with van der Waals surface area (Å²) in [7, 11) is 0. The highest BCUT2D eigenvalue weighted by molar-refractivity contribution is 5.34. The van der Waals surface area contributed by atoms with Gasteiger partial charge in [0.1, 0.15) is 11.9 Å². The van der Waals surface area contributed by atoms with E-state index in [0.29, 0.717) is 18.0 Å². The Hall–Kier alpha value is -1.40. The van der Waals surface area contributed by atoms with Crippen molar-refractivity contribution in [1.29, 1.82) is 5.26 Å². The molecule has 0 spiro atoms. The van der Waals surface area contributed by atoms with Crippen LogP contribution in [0.25, 0.3) is 0 Å². The molecule has 3 heteroatoms. The van der Waals surface area contributed by atoms with Gasteiger partial charge in [0.15, 0.2) is 0 Å². The van der Waals surface area contributed by atoms with Gasteiger partial charge >= 0.3 is 0 Å². The van der Waals surface area contributed by atoms with Gasteiger partial charge in [0.05, 0.1) is 5.56 Å². The van der Waals surface area contributed by atoms with Gasteiger partial charge in [-0.3, -0.25) is 0 Å². The molecule has 1 aromatic carbocycles. The second-order valence-corrected chi connectivity index (χ2v) is 4.94. The highest BCUT2D eigenvalue weighted by atomic mass is 19.1. The number of unbranched alkanes of at least 4 members (excludes halogenated alkanes) is 1. The zero-order chi connectivity index (χ0) is 14.1. The third-order valence-electron chi connectivity index (χ3n) is 3.49. The van der Waals surface area contributed by atoms with Crippen molar-refractivity contribution in [3.8, 4) is 6.07 Å². The first-order valence-corrected chi connectivity index (χ1v) is 7.11. The number of nitrogens with one attached hydrogen (secondary N) is 1. The maximum absolute atomic E-state index is 13.8. The van der Waals surface area contributed by atoms with E-state index >= 15 is 0 Å². The first-order valence-electron chi connectivity index (χ1n) is 7.11. The molecule has 1 atom stereocenters. The first kappa shape index (κ1) is 15.7. The van der Waals surface area contributed by atoms with Gasteiger partial charge in [-0.2, -0.15) is 5.26 Å². The van der Waals surface area contributed by atoms with E-state index in [0.717, 1.165) is 13.0 Å². The van der Waals surface area contributed by atoms with Crippen LogP contribution in [-0.2, 0) is 6.54 Å². The normalized spacial score (nSPS) is 12.1. The van der Waals surface area contributed by atoms with Crippen LogP contribution in [0, 0.1) is 23.1 Å². The monoisotopic (exact) mass is 262 g/mol. The third kappa shape index (κ3) is 5.00. The summed E-state index contributed by atoms with van der Waals surface area (Å²) in [4.78, 5) is 0. The van der Waals surface area contributed by atoms with E-state index in [1.807, 2.05) is 6.07 Å². The smallest absolute Gasteiger partial charge is 0.145 e. The highest BCUT2D eigenvalue weighted by Gasteiger charge is 2.09. The van der Waals surface area contributed by atoms with Crippen molar-refractivity contribution in [2.24, 2.45) is 5.92 Å². The standard InChI is InChI=1S/C16H23FN2/c1-3-5-7-13(4-2)11-19-12-15-9-6-8-14(10-18)16(15)17/h6,8-9,13,19H,3-5,7,11-12H2,1-2H3. The van der Waals surface area contributed by atoms with Crippen LogP contribution < -0.4 is 5.32 Å². The van der Waals surface area contributed by atoms with Crippen molar-refractivity contribution < 1.29 is 4.39 Å². The number of nitriles is 1. The van der Waals surface area contributed by atoms with E-state index in [1.54, 1.807) is 12.1 Å². The zero-order valence-corrected chi connectivity index (χ0v) is 11.9. The number of benzene rings is 1.